The summed E-state index contributed by atoms with van der Waals surface area (Å²) in [5, 5.41) is 0. The van der Waals surface area contributed by atoms with Crippen LogP contribution in [0.4, 0.5) is 0 Å². The number of hydrogen-bond acceptors (Lipinski definition) is 4. The Morgan fingerprint density at radius 3 is 2.35 bits per heavy atom. The second-order valence-corrected chi connectivity index (χ2v) is 5.67. The summed E-state index contributed by atoms with van der Waals surface area (Å²) in [6.07, 6.45) is 8.34. The van der Waals surface area contributed by atoms with Gasteiger partial charge in [0, 0.05) is 0 Å². The minimum absolute atomic E-state index is 0.237. The summed E-state index contributed by atoms with van der Waals surface area (Å²) < 4.78 is 9.92. The SMILES string of the molecule is CCCCCCOC(=O)c1ccc(CCCCCOC=O)cc1. The minimum atomic E-state index is -0.237. The highest BCUT2D eigenvalue weighted by Gasteiger charge is 2.06. The summed E-state index contributed by atoms with van der Waals surface area (Å²) in [6.45, 7) is 3.64. The van der Waals surface area contributed by atoms with E-state index in [0.717, 1.165) is 38.5 Å². The molecule has 0 fully saturated rings. The van der Waals surface area contributed by atoms with E-state index in [-0.39, 0.29) is 5.97 Å². The minimum Gasteiger partial charge on any atom is -0.468 e. The molecule has 1 aromatic carbocycles. The number of hydrogen-bond donors (Lipinski definition) is 0. The first kappa shape index (κ1) is 19.2. The molecule has 0 spiro atoms. The van der Waals surface area contributed by atoms with Crippen molar-refractivity contribution in [3.05, 3.63) is 35.4 Å². The average molecular weight is 320 g/mol. The molecule has 0 bridgehead atoms. The third-order valence-electron chi connectivity index (χ3n) is 3.72. The summed E-state index contributed by atoms with van der Waals surface area (Å²) in [5.41, 5.74) is 1.82. The van der Waals surface area contributed by atoms with Crippen LogP contribution < -0.4 is 0 Å². The van der Waals surface area contributed by atoms with Crippen LogP contribution in [-0.4, -0.2) is 25.7 Å². The van der Waals surface area contributed by atoms with E-state index >= 15 is 0 Å². The molecule has 0 saturated carbocycles. The highest BCUT2D eigenvalue weighted by Crippen LogP contribution is 2.10. The fourth-order valence-corrected chi connectivity index (χ4v) is 2.32. The van der Waals surface area contributed by atoms with Gasteiger partial charge >= 0.3 is 5.97 Å². The van der Waals surface area contributed by atoms with Crippen molar-refractivity contribution in [1.29, 1.82) is 0 Å². The summed E-state index contributed by atoms with van der Waals surface area (Å²) in [7, 11) is 0. The molecule has 128 valence electrons. The van der Waals surface area contributed by atoms with E-state index in [2.05, 4.69) is 11.7 Å². The lowest BCUT2D eigenvalue weighted by Gasteiger charge is -2.06. The molecule has 0 N–H and O–H groups in total. The Labute approximate surface area is 139 Å². The number of aryl methyl sites for hydroxylation is 1. The number of carbonyl (C=O) groups is 2. The number of benzene rings is 1. The van der Waals surface area contributed by atoms with Gasteiger partial charge in [-0.15, -0.1) is 0 Å². The highest BCUT2D eigenvalue weighted by atomic mass is 16.5. The van der Waals surface area contributed by atoms with Gasteiger partial charge in [-0.3, -0.25) is 4.79 Å². The zero-order chi connectivity index (χ0) is 16.8. The van der Waals surface area contributed by atoms with Crippen LogP contribution in [0, 0.1) is 0 Å². The maximum atomic E-state index is 11.9. The molecule has 1 rings (SSSR count). The first-order valence-corrected chi connectivity index (χ1v) is 8.59. The molecule has 0 aliphatic rings. The summed E-state index contributed by atoms with van der Waals surface area (Å²) >= 11 is 0. The maximum absolute atomic E-state index is 11.9. The number of unbranched alkanes of at least 4 members (excludes halogenated alkanes) is 5. The molecular formula is C19H28O4. The molecule has 0 radical (unpaired) electrons. The Kier molecular flexibility index (Phi) is 10.6. The number of esters is 1. The lowest BCUT2D eigenvalue weighted by molar-refractivity contribution is -0.128. The van der Waals surface area contributed by atoms with Gasteiger partial charge in [-0.05, 0) is 49.8 Å². The molecule has 0 amide bonds. The molecule has 0 unspecified atom stereocenters. The fourth-order valence-electron chi connectivity index (χ4n) is 2.32. The van der Waals surface area contributed by atoms with Gasteiger partial charge in [-0.1, -0.05) is 38.3 Å². The van der Waals surface area contributed by atoms with Crippen molar-refractivity contribution in [3.63, 3.8) is 0 Å². The predicted octanol–water partition coefficient (Wildman–Crippen LogP) is 4.31. The molecule has 4 nitrogen and oxygen atoms in total. The van der Waals surface area contributed by atoms with Crippen LogP contribution in [0.3, 0.4) is 0 Å². The van der Waals surface area contributed by atoms with E-state index in [9.17, 15) is 9.59 Å². The Morgan fingerprint density at radius 1 is 0.957 bits per heavy atom. The van der Waals surface area contributed by atoms with Gasteiger partial charge < -0.3 is 9.47 Å². The summed E-state index contributed by atoms with van der Waals surface area (Å²) in [5.74, 6) is -0.237. The van der Waals surface area contributed by atoms with E-state index in [0.29, 0.717) is 25.2 Å². The summed E-state index contributed by atoms with van der Waals surface area (Å²) in [6, 6.07) is 7.63. The van der Waals surface area contributed by atoms with Crippen LogP contribution in [0.2, 0.25) is 0 Å². The quantitative estimate of drug-likeness (QED) is 0.309. The molecular weight excluding hydrogens is 292 g/mol. The van der Waals surface area contributed by atoms with E-state index in [1.165, 1.54) is 18.4 Å². The Bertz CT molecular complexity index is 439. The predicted molar refractivity (Wildman–Crippen MR) is 90.4 cm³/mol. The highest BCUT2D eigenvalue weighted by molar-refractivity contribution is 5.89. The standard InChI is InChI=1S/C19H28O4/c1-2-3-4-8-15-23-19(21)18-12-10-17(11-13-18)9-6-5-7-14-22-16-20/h10-13,16H,2-9,14-15H2,1H3. The van der Waals surface area contributed by atoms with Gasteiger partial charge in [0.1, 0.15) is 0 Å². The first-order valence-electron chi connectivity index (χ1n) is 8.59. The van der Waals surface area contributed by atoms with Crippen molar-refractivity contribution in [3.8, 4) is 0 Å². The third kappa shape index (κ3) is 9.01. The van der Waals surface area contributed by atoms with Crippen LogP contribution >= 0.6 is 0 Å². The molecule has 1 aromatic rings. The Hall–Kier alpha value is -1.84. The molecule has 4 heteroatoms. The van der Waals surface area contributed by atoms with Crippen molar-refractivity contribution in [2.24, 2.45) is 0 Å². The summed E-state index contributed by atoms with van der Waals surface area (Å²) in [4.78, 5) is 21.9. The van der Waals surface area contributed by atoms with E-state index in [1.54, 1.807) is 0 Å². The molecule has 0 aliphatic heterocycles. The van der Waals surface area contributed by atoms with Crippen LogP contribution in [0.5, 0.6) is 0 Å². The number of rotatable bonds is 13. The lowest BCUT2D eigenvalue weighted by Crippen LogP contribution is -2.06. The maximum Gasteiger partial charge on any atom is 0.338 e. The van der Waals surface area contributed by atoms with Crippen LogP contribution in [0.25, 0.3) is 0 Å². The van der Waals surface area contributed by atoms with Crippen LogP contribution in [-0.2, 0) is 20.7 Å². The lowest BCUT2D eigenvalue weighted by atomic mass is 10.1. The first-order chi connectivity index (χ1) is 11.3. The molecule has 0 atom stereocenters. The zero-order valence-corrected chi connectivity index (χ0v) is 14.1. The third-order valence-corrected chi connectivity index (χ3v) is 3.72. The van der Waals surface area contributed by atoms with E-state index in [4.69, 9.17) is 4.74 Å². The van der Waals surface area contributed by atoms with Crippen molar-refractivity contribution in [2.75, 3.05) is 13.2 Å². The Balaban J connectivity index is 2.21. The molecule has 0 aromatic heterocycles. The van der Waals surface area contributed by atoms with Gasteiger partial charge in [-0.25, -0.2) is 4.79 Å². The van der Waals surface area contributed by atoms with Crippen molar-refractivity contribution < 1.29 is 19.1 Å². The zero-order valence-electron chi connectivity index (χ0n) is 14.1. The molecule has 23 heavy (non-hydrogen) atoms. The van der Waals surface area contributed by atoms with E-state index in [1.807, 2.05) is 24.3 Å². The monoisotopic (exact) mass is 320 g/mol. The normalized spacial score (nSPS) is 10.3. The van der Waals surface area contributed by atoms with E-state index < -0.39 is 0 Å². The van der Waals surface area contributed by atoms with Gasteiger partial charge in [0.05, 0.1) is 18.8 Å². The smallest absolute Gasteiger partial charge is 0.338 e. The van der Waals surface area contributed by atoms with Crippen LogP contribution in [0.1, 0.15) is 67.8 Å². The number of ether oxygens (including phenoxy) is 2. The topological polar surface area (TPSA) is 52.6 Å². The number of carbonyl (C=O) groups excluding carboxylic acids is 2. The molecule has 0 saturated heterocycles. The Morgan fingerprint density at radius 2 is 1.65 bits per heavy atom. The van der Waals surface area contributed by atoms with Crippen molar-refractivity contribution in [2.45, 2.75) is 58.3 Å². The van der Waals surface area contributed by atoms with Crippen molar-refractivity contribution >= 4 is 12.4 Å². The molecule has 0 aliphatic carbocycles. The van der Waals surface area contributed by atoms with Gasteiger partial charge in [0.25, 0.3) is 6.47 Å². The van der Waals surface area contributed by atoms with Gasteiger partial charge in [0.2, 0.25) is 0 Å². The fraction of sp³-hybridized carbons (Fsp3) is 0.579. The second kappa shape index (κ2) is 12.7. The average Bonchev–Trinajstić information content (AvgIpc) is 2.58. The molecule has 0 heterocycles. The second-order valence-electron chi connectivity index (χ2n) is 5.67. The van der Waals surface area contributed by atoms with Crippen molar-refractivity contribution in [1.82, 2.24) is 0 Å². The largest absolute Gasteiger partial charge is 0.468 e. The van der Waals surface area contributed by atoms with Gasteiger partial charge in [0.15, 0.2) is 0 Å². The van der Waals surface area contributed by atoms with Gasteiger partial charge in [-0.2, -0.15) is 0 Å². The van der Waals surface area contributed by atoms with Crippen LogP contribution in [0.15, 0.2) is 24.3 Å².